The summed E-state index contributed by atoms with van der Waals surface area (Å²) in [6, 6.07) is 7.69. The van der Waals surface area contributed by atoms with Gasteiger partial charge in [0, 0.05) is 18.0 Å². The molecule has 1 heterocycles. The molecule has 19 heavy (non-hydrogen) atoms. The molecule has 1 amide bonds. The van der Waals surface area contributed by atoms with Crippen molar-refractivity contribution in [1.29, 1.82) is 0 Å². The number of hydrogen-bond acceptors (Lipinski definition) is 2. The van der Waals surface area contributed by atoms with E-state index in [1.807, 2.05) is 56.7 Å². The molecule has 1 aromatic carbocycles. The van der Waals surface area contributed by atoms with Crippen molar-refractivity contribution < 1.29 is 9.53 Å². The number of para-hydroxylation sites is 1. The lowest BCUT2D eigenvalue weighted by Crippen LogP contribution is -2.41. The molecule has 0 spiro atoms. The maximum atomic E-state index is 12.3. The molecular formula is C15H20N2O2. The summed E-state index contributed by atoms with van der Waals surface area (Å²) in [5, 5.41) is 3.97. The zero-order chi connectivity index (χ0) is 14.2. The number of nitrogens with zero attached hydrogens (tertiary/aromatic N) is 1. The number of carbonyl (C=O) groups excluding carboxylic acids is 1. The molecule has 1 N–H and O–H groups in total. The Morgan fingerprint density at radius 3 is 2.58 bits per heavy atom. The molecule has 0 saturated heterocycles. The third-order valence-electron chi connectivity index (χ3n) is 2.96. The number of aromatic nitrogens is 1. The van der Waals surface area contributed by atoms with E-state index in [2.05, 4.69) is 5.32 Å². The normalized spacial score (nSPS) is 11.6. The van der Waals surface area contributed by atoms with Gasteiger partial charge in [0.1, 0.15) is 11.4 Å². The number of benzene rings is 1. The maximum absolute atomic E-state index is 12.3. The lowest BCUT2D eigenvalue weighted by atomic mass is 10.1. The van der Waals surface area contributed by atoms with E-state index >= 15 is 0 Å². The molecule has 0 unspecified atom stereocenters. The predicted octanol–water partition coefficient (Wildman–Crippen LogP) is 2.72. The molecule has 2 rings (SSSR count). The van der Waals surface area contributed by atoms with Gasteiger partial charge in [0.2, 0.25) is 0 Å². The molecule has 1 aromatic heterocycles. The molecule has 102 valence electrons. The average molecular weight is 260 g/mol. The van der Waals surface area contributed by atoms with Gasteiger partial charge in [-0.3, -0.25) is 4.79 Å². The summed E-state index contributed by atoms with van der Waals surface area (Å²) in [4.78, 5) is 12.3. The van der Waals surface area contributed by atoms with E-state index < -0.39 is 0 Å². The molecule has 0 atom stereocenters. The van der Waals surface area contributed by atoms with Gasteiger partial charge in [-0.1, -0.05) is 12.1 Å². The van der Waals surface area contributed by atoms with E-state index in [9.17, 15) is 4.79 Å². The molecule has 4 nitrogen and oxygen atoms in total. The molecule has 0 saturated carbocycles. The summed E-state index contributed by atoms with van der Waals surface area (Å²) in [6.45, 7) is 5.90. The summed E-state index contributed by atoms with van der Waals surface area (Å²) < 4.78 is 7.22. The van der Waals surface area contributed by atoms with Gasteiger partial charge in [0.05, 0.1) is 12.6 Å². The van der Waals surface area contributed by atoms with Crippen LogP contribution >= 0.6 is 0 Å². The molecule has 0 fully saturated rings. The fourth-order valence-corrected chi connectivity index (χ4v) is 2.17. The third kappa shape index (κ3) is 2.57. The maximum Gasteiger partial charge on any atom is 0.268 e. The lowest BCUT2D eigenvalue weighted by Gasteiger charge is -2.20. The molecule has 0 aliphatic carbocycles. The second kappa shape index (κ2) is 4.61. The van der Waals surface area contributed by atoms with Gasteiger partial charge < -0.3 is 14.6 Å². The number of nitrogens with one attached hydrogen (secondary N) is 1. The van der Waals surface area contributed by atoms with Gasteiger partial charge >= 0.3 is 0 Å². The Morgan fingerprint density at radius 2 is 2.00 bits per heavy atom. The summed E-state index contributed by atoms with van der Waals surface area (Å²) in [7, 11) is 3.51. The molecule has 0 aliphatic rings. The molecule has 0 radical (unpaired) electrons. The number of amides is 1. The SMILES string of the molecule is COc1cccc2cc(C(=O)NC(C)(C)C)n(C)c12. The fourth-order valence-electron chi connectivity index (χ4n) is 2.17. The Bertz CT molecular complexity index is 621. The Morgan fingerprint density at radius 1 is 1.32 bits per heavy atom. The van der Waals surface area contributed by atoms with Crippen LogP contribution in [0.15, 0.2) is 24.3 Å². The summed E-state index contributed by atoms with van der Waals surface area (Å²) >= 11 is 0. The standard InChI is InChI=1S/C15H20N2O2/c1-15(2,3)16-14(18)11-9-10-7-6-8-12(19-5)13(10)17(11)4/h6-9H,1-5H3,(H,16,18). The highest BCUT2D eigenvalue weighted by Gasteiger charge is 2.20. The first-order valence-corrected chi connectivity index (χ1v) is 6.28. The second-order valence-corrected chi connectivity index (χ2v) is 5.69. The smallest absolute Gasteiger partial charge is 0.268 e. The predicted molar refractivity (Wildman–Crippen MR) is 76.7 cm³/mol. The van der Waals surface area contributed by atoms with Gasteiger partial charge in [0.15, 0.2) is 0 Å². The van der Waals surface area contributed by atoms with Crippen LogP contribution < -0.4 is 10.1 Å². The minimum atomic E-state index is -0.252. The van der Waals surface area contributed by atoms with Gasteiger partial charge in [-0.05, 0) is 32.9 Å². The van der Waals surface area contributed by atoms with Crippen molar-refractivity contribution in [1.82, 2.24) is 9.88 Å². The number of aryl methyl sites for hydroxylation is 1. The van der Waals surface area contributed by atoms with Crippen molar-refractivity contribution >= 4 is 16.8 Å². The van der Waals surface area contributed by atoms with Crippen LogP contribution in [0.2, 0.25) is 0 Å². The van der Waals surface area contributed by atoms with Gasteiger partial charge in [0.25, 0.3) is 5.91 Å². The van der Waals surface area contributed by atoms with E-state index in [1.54, 1.807) is 7.11 Å². The largest absolute Gasteiger partial charge is 0.495 e. The lowest BCUT2D eigenvalue weighted by molar-refractivity contribution is 0.0911. The monoisotopic (exact) mass is 260 g/mol. The van der Waals surface area contributed by atoms with E-state index in [0.717, 1.165) is 16.7 Å². The average Bonchev–Trinajstić information content (AvgIpc) is 2.65. The van der Waals surface area contributed by atoms with E-state index in [-0.39, 0.29) is 11.4 Å². The number of fused-ring (bicyclic) bond motifs is 1. The highest BCUT2D eigenvalue weighted by molar-refractivity contribution is 6.00. The Balaban J connectivity index is 2.51. The van der Waals surface area contributed by atoms with Crippen molar-refractivity contribution in [2.75, 3.05) is 7.11 Å². The third-order valence-corrected chi connectivity index (χ3v) is 2.96. The van der Waals surface area contributed by atoms with Crippen molar-refractivity contribution in [2.45, 2.75) is 26.3 Å². The Labute approximate surface area is 113 Å². The zero-order valence-electron chi connectivity index (χ0n) is 12.1. The number of rotatable bonds is 2. The molecule has 2 aromatic rings. The number of methoxy groups -OCH3 is 1. The van der Waals surface area contributed by atoms with Crippen molar-refractivity contribution in [3.8, 4) is 5.75 Å². The first-order chi connectivity index (χ1) is 8.83. The van der Waals surface area contributed by atoms with E-state index in [0.29, 0.717) is 5.69 Å². The topological polar surface area (TPSA) is 43.3 Å². The van der Waals surface area contributed by atoms with Crippen LogP contribution in [-0.4, -0.2) is 23.1 Å². The summed E-state index contributed by atoms with van der Waals surface area (Å²) in [5.74, 6) is 0.697. The van der Waals surface area contributed by atoms with E-state index in [1.165, 1.54) is 0 Å². The minimum Gasteiger partial charge on any atom is -0.495 e. The highest BCUT2D eigenvalue weighted by Crippen LogP contribution is 2.28. The van der Waals surface area contributed by atoms with Crippen LogP contribution in [0, 0.1) is 0 Å². The van der Waals surface area contributed by atoms with Crippen LogP contribution in [0.3, 0.4) is 0 Å². The molecular weight excluding hydrogens is 240 g/mol. The summed E-state index contributed by atoms with van der Waals surface area (Å²) in [5.41, 5.74) is 1.32. The Kier molecular flexibility index (Phi) is 3.27. The zero-order valence-corrected chi connectivity index (χ0v) is 12.1. The van der Waals surface area contributed by atoms with Gasteiger partial charge in [-0.25, -0.2) is 0 Å². The molecule has 0 aliphatic heterocycles. The van der Waals surface area contributed by atoms with Gasteiger partial charge in [-0.15, -0.1) is 0 Å². The second-order valence-electron chi connectivity index (χ2n) is 5.69. The first kappa shape index (κ1) is 13.5. The first-order valence-electron chi connectivity index (χ1n) is 6.28. The summed E-state index contributed by atoms with van der Waals surface area (Å²) in [6.07, 6.45) is 0. The van der Waals surface area contributed by atoms with Crippen LogP contribution in [0.1, 0.15) is 31.3 Å². The minimum absolute atomic E-state index is 0.0757. The van der Waals surface area contributed by atoms with E-state index in [4.69, 9.17) is 4.74 Å². The van der Waals surface area contributed by atoms with Crippen molar-refractivity contribution in [2.24, 2.45) is 7.05 Å². The van der Waals surface area contributed by atoms with Gasteiger partial charge in [-0.2, -0.15) is 0 Å². The fraction of sp³-hybridized carbons (Fsp3) is 0.400. The number of carbonyl (C=O) groups is 1. The Hall–Kier alpha value is -1.97. The van der Waals surface area contributed by atoms with Crippen LogP contribution in [-0.2, 0) is 7.05 Å². The van der Waals surface area contributed by atoms with Crippen LogP contribution in [0.5, 0.6) is 5.75 Å². The number of hydrogen-bond donors (Lipinski definition) is 1. The van der Waals surface area contributed by atoms with Crippen molar-refractivity contribution in [3.63, 3.8) is 0 Å². The highest BCUT2D eigenvalue weighted by atomic mass is 16.5. The van der Waals surface area contributed by atoms with Crippen molar-refractivity contribution in [3.05, 3.63) is 30.0 Å². The number of ether oxygens (including phenoxy) is 1. The van der Waals surface area contributed by atoms with Crippen LogP contribution in [0.4, 0.5) is 0 Å². The van der Waals surface area contributed by atoms with Crippen LogP contribution in [0.25, 0.3) is 10.9 Å². The molecule has 0 bridgehead atoms. The molecule has 4 heteroatoms. The quantitative estimate of drug-likeness (QED) is 0.902.